The van der Waals surface area contributed by atoms with Crippen LogP contribution in [0.5, 0.6) is 0 Å². The lowest BCUT2D eigenvalue weighted by molar-refractivity contribution is 0.885. The Balaban J connectivity index is 1.78. The van der Waals surface area contributed by atoms with E-state index in [0.717, 1.165) is 33.3 Å². The first-order valence-electron chi connectivity index (χ1n) is 9.92. The molecule has 0 radical (unpaired) electrons. The molecule has 1 unspecified atom stereocenters. The number of hydrogen-bond acceptors (Lipinski definition) is 5. The molecule has 0 saturated carbocycles. The highest BCUT2D eigenvalue weighted by Crippen LogP contribution is 2.31. The quantitative estimate of drug-likeness (QED) is 0.409. The van der Waals surface area contributed by atoms with Gasteiger partial charge in [-0.05, 0) is 49.4 Å². The summed E-state index contributed by atoms with van der Waals surface area (Å²) in [7, 11) is 0. The Labute approximate surface area is 181 Å². The monoisotopic (exact) mass is 406 g/mol. The number of aliphatic imine (C=N–C) groups is 1. The zero-order valence-corrected chi connectivity index (χ0v) is 17.4. The fourth-order valence-corrected chi connectivity index (χ4v) is 3.52. The first-order valence-corrected chi connectivity index (χ1v) is 9.92. The topological polar surface area (TPSA) is 78.9 Å². The summed E-state index contributed by atoms with van der Waals surface area (Å²) in [5, 5.41) is 14.1. The second kappa shape index (κ2) is 8.64. The van der Waals surface area contributed by atoms with Crippen LogP contribution in [-0.4, -0.2) is 21.3 Å². The number of nitriles is 1. The Bertz CT molecular complexity index is 1310. The van der Waals surface area contributed by atoms with Crippen LogP contribution >= 0.6 is 0 Å². The van der Waals surface area contributed by atoms with E-state index in [1.165, 1.54) is 0 Å². The van der Waals surface area contributed by atoms with Gasteiger partial charge in [0.1, 0.15) is 12.4 Å². The maximum absolute atomic E-state index is 9.70. The van der Waals surface area contributed by atoms with Gasteiger partial charge in [0.05, 0.1) is 23.0 Å². The van der Waals surface area contributed by atoms with Crippen molar-refractivity contribution in [2.45, 2.75) is 19.9 Å². The molecule has 2 heterocycles. The lowest BCUT2D eigenvalue weighted by atomic mass is 10.0. The summed E-state index contributed by atoms with van der Waals surface area (Å²) in [6.45, 7) is 7.69. The van der Waals surface area contributed by atoms with E-state index in [9.17, 15) is 5.26 Å². The van der Waals surface area contributed by atoms with E-state index in [1.54, 1.807) is 18.7 Å². The number of fused-ring (bicyclic) bond motifs is 1. The third-order valence-corrected chi connectivity index (χ3v) is 5.24. The fraction of sp³-hybridized carbons (Fsp3) is 0.120. The van der Waals surface area contributed by atoms with Gasteiger partial charge in [-0.3, -0.25) is 9.55 Å². The van der Waals surface area contributed by atoms with Crippen LogP contribution in [0.25, 0.3) is 22.7 Å². The Morgan fingerprint density at radius 2 is 2.03 bits per heavy atom. The summed E-state index contributed by atoms with van der Waals surface area (Å²) in [5.41, 5.74) is 5.32. The first-order chi connectivity index (χ1) is 15.1. The lowest BCUT2D eigenvalue weighted by Crippen LogP contribution is -2.08. The van der Waals surface area contributed by atoms with Crippen molar-refractivity contribution < 1.29 is 0 Å². The van der Waals surface area contributed by atoms with Crippen LogP contribution in [0.3, 0.4) is 0 Å². The largest absolute Gasteiger partial charge is 0.377 e. The number of anilines is 1. The first kappa shape index (κ1) is 20.0. The molecule has 0 bridgehead atoms. The summed E-state index contributed by atoms with van der Waals surface area (Å²) >= 11 is 0. The predicted octanol–water partition coefficient (Wildman–Crippen LogP) is 5.83. The molecular formula is C25H22N6. The fourth-order valence-electron chi connectivity index (χ4n) is 3.52. The molecule has 0 aliphatic rings. The number of rotatable bonds is 6. The van der Waals surface area contributed by atoms with Crippen LogP contribution < -0.4 is 5.32 Å². The van der Waals surface area contributed by atoms with E-state index in [4.69, 9.17) is 0 Å². The van der Waals surface area contributed by atoms with Gasteiger partial charge in [0.25, 0.3) is 0 Å². The molecule has 0 spiro atoms. The van der Waals surface area contributed by atoms with Crippen LogP contribution in [0.4, 0.5) is 11.5 Å². The summed E-state index contributed by atoms with van der Waals surface area (Å²) in [6, 6.07) is 18.5. The number of nitrogens with zero attached hydrogens (tertiary/aromatic N) is 5. The van der Waals surface area contributed by atoms with Crippen molar-refractivity contribution in [1.29, 1.82) is 5.26 Å². The summed E-state index contributed by atoms with van der Waals surface area (Å²) in [5.74, 6) is 0.674. The second-order valence-electron chi connectivity index (χ2n) is 7.30. The number of benzene rings is 2. The van der Waals surface area contributed by atoms with E-state index in [0.29, 0.717) is 11.4 Å². The van der Waals surface area contributed by atoms with Crippen LogP contribution in [0.15, 0.2) is 72.2 Å². The van der Waals surface area contributed by atoms with Gasteiger partial charge in [0, 0.05) is 23.8 Å². The third-order valence-electron chi connectivity index (χ3n) is 5.24. The van der Waals surface area contributed by atoms with Gasteiger partial charge >= 0.3 is 0 Å². The summed E-state index contributed by atoms with van der Waals surface area (Å²) in [6.07, 6.45) is 6.93. The maximum atomic E-state index is 9.70. The molecule has 0 saturated heterocycles. The van der Waals surface area contributed by atoms with Crippen LogP contribution in [0.1, 0.15) is 36.6 Å². The Morgan fingerprint density at radius 3 is 2.77 bits per heavy atom. The summed E-state index contributed by atoms with van der Waals surface area (Å²) < 4.78 is 1.83. The van der Waals surface area contributed by atoms with Gasteiger partial charge in [-0.15, -0.1) is 0 Å². The molecule has 4 aromatic rings. The number of nitrogens with one attached hydrogen (secondary N) is 1. The highest BCUT2D eigenvalue weighted by Gasteiger charge is 2.14. The summed E-state index contributed by atoms with van der Waals surface area (Å²) in [4.78, 5) is 12.6. The molecule has 0 aliphatic carbocycles. The number of aromatic nitrogens is 3. The Morgan fingerprint density at radius 1 is 1.23 bits per heavy atom. The van der Waals surface area contributed by atoms with Crippen molar-refractivity contribution in [3.05, 3.63) is 83.9 Å². The zero-order chi connectivity index (χ0) is 21.8. The van der Waals surface area contributed by atoms with Gasteiger partial charge in [-0.25, -0.2) is 9.98 Å². The molecule has 2 aromatic heterocycles. The van der Waals surface area contributed by atoms with Crippen molar-refractivity contribution >= 4 is 40.9 Å². The smallest absolute Gasteiger partial charge is 0.155 e. The average Bonchev–Trinajstić information content (AvgIpc) is 3.26. The van der Waals surface area contributed by atoms with Gasteiger partial charge in [0.2, 0.25) is 0 Å². The van der Waals surface area contributed by atoms with E-state index in [1.807, 2.05) is 48.0 Å². The van der Waals surface area contributed by atoms with Crippen LogP contribution in [-0.2, 0) is 0 Å². The van der Waals surface area contributed by atoms with Gasteiger partial charge in [-0.2, -0.15) is 5.26 Å². The minimum absolute atomic E-state index is 0.0337. The Kier molecular flexibility index (Phi) is 5.59. The molecule has 1 N–H and O–H groups in total. The molecule has 2 aromatic carbocycles. The van der Waals surface area contributed by atoms with Gasteiger partial charge < -0.3 is 5.32 Å². The Hall–Kier alpha value is -4.24. The molecule has 6 heteroatoms. The zero-order valence-electron chi connectivity index (χ0n) is 17.4. The molecule has 31 heavy (non-hydrogen) atoms. The molecule has 0 aliphatic heterocycles. The molecule has 1 atom stereocenters. The molecule has 0 fully saturated rings. The van der Waals surface area contributed by atoms with Gasteiger partial charge in [0.15, 0.2) is 5.82 Å². The van der Waals surface area contributed by atoms with Crippen LogP contribution in [0.2, 0.25) is 0 Å². The molecule has 152 valence electrons. The van der Waals surface area contributed by atoms with Crippen molar-refractivity contribution in [2.75, 3.05) is 5.32 Å². The highest BCUT2D eigenvalue weighted by molar-refractivity contribution is 5.96. The van der Waals surface area contributed by atoms with Gasteiger partial charge in [-0.1, -0.05) is 36.4 Å². The lowest BCUT2D eigenvalue weighted by Gasteiger charge is -2.19. The minimum Gasteiger partial charge on any atom is -0.377 e. The number of allylic oxidation sites excluding steroid dienone is 1. The van der Waals surface area contributed by atoms with Crippen LogP contribution in [0, 0.1) is 11.3 Å². The highest BCUT2D eigenvalue weighted by atomic mass is 15.1. The predicted molar refractivity (Wildman–Crippen MR) is 126 cm³/mol. The molecule has 4 rings (SSSR count). The van der Waals surface area contributed by atoms with Crippen molar-refractivity contribution in [1.82, 2.24) is 14.5 Å². The van der Waals surface area contributed by atoms with E-state index in [-0.39, 0.29) is 6.04 Å². The number of imidazole rings is 1. The number of pyridine rings is 1. The van der Waals surface area contributed by atoms with Crippen molar-refractivity contribution in [2.24, 2.45) is 4.99 Å². The normalized spacial score (nSPS) is 12.4. The van der Waals surface area contributed by atoms with E-state index in [2.05, 4.69) is 58.2 Å². The number of hydrogen-bond donors (Lipinski definition) is 1. The molecule has 0 amide bonds. The average molecular weight is 406 g/mol. The molecule has 6 nitrogen and oxygen atoms in total. The van der Waals surface area contributed by atoms with E-state index < -0.39 is 0 Å². The standard InChI is InChI=1S/C25H22N6/c1-17(15-31-16-28-14-24(31)27-3)20-9-10-23-22(11-20)25(21(12-26)13-29-23)30-18(2)19-7-5-4-6-8-19/h4-11,13-16,18H,3H2,1-2H3,(H,29,30)/b17-15+. The minimum atomic E-state index is 0.0337. The SMILES string of the molecule is C=Nc1cncn1/C=C(\C)c1ccc2ncc(C#N)c(NC(C)c3ccccc3)c2c1. The third kappa shape index (κ3) is 4.07. The van der Waals surface area contributed by atoms with E-state index >= 15 is 0 Å². The van der Waals surface area contributed by atoms with Crippen molar-refractivity contribution in [3.8, 4) is 6.07 Å². The van der Waals surface area contributed by atoms with Crippen molar-refractivity contribution in [3.63, 3.8) is 0 Å². The second-order valence-corrected chi connectivity index (χ2v) is 7.30. The molecular weight excluding hydrogens is 384 g/mol. The maximum Gasteiger partial charge on any atom is 0.155 e.